The SMILES string of the molecule is CCCCCCCCC(O)C(CCC)S(=O)(=O)[O-].[K+]. The maximum absolute atomic E-state index is 11.0. The average molecular weight is 319 g/mol. The maximum Gasteiger partial charge on any atom is 1.00 e. The summed E-state index contributed by atoms with van der Waals surface area (Å²) < 4.78 is 33.1. The van der Waals surface area contributed by atoms with Gasteiger partial charge in [0, 0.05) is 0 Å². The smallest absolute Gasteiger partial charge is 0.748 e. The number of aliphatic hydroxyl groups is 1. The Balaban J connectivity index is 0. The fourth-order valence-corrected chi connectivity index (χ4v) is 3.18. The molecular weight excluding hydrogens is 291 g/mol. The Morgan fingerprint density at radius 1 is 0.947 bits per heavy atom. The van der Waals surface area contributed by atoms with Gasteiger partial charge in [0.05, 0.1) is 11.4 Å². The van der Waals surface area contributed by atoms with Crippen LogP contribution in [0.4, 0.5) is 0 Å². The van der Waals surface area contributed by atoms with Gasteiger partial charge >= 0.3 is 51.4 Å². The van der Waals surface area contributed by atoms with Crippen molar-refractivity contribution in [2.45, 2.75) is 83.0 Å². The Labute approximate surface area is 160 Å². The summed E-state index contributed by atoms with van der Waals surface area (Å²) in [5, 5.41) is 8.67. The van der Waals surface area contributed by atoms with Crippen LogP contribution in [0.5, 0.6) is 0 Å². The summed E-state index contributed by atoms with van der Waals surface area (Å²) in [7, 11) is -4.38. The summed E-state index contributed by atoms with van der Waals surface area (Å²) in [4.78, 5) is 0. The molecule has 0 rings (SSSR count). The third-order valence-electron chi connectivity index (χ3n) is 3.23. The molecule has 0 saturated heterocycles. The van der Waals surface area contributed by atoms with Crippen LogP contribution in [0.1, 0.15) is 71.6 Å². The second kappa shape index (κ2) is 13.2. The second-order valence-corrected chi connectivity index (χ2v) is 6.53. The molecule has 19 heavy (non-hydrogen) atoms. The fraction of sp³-hybridized carbons (Fsp3) is 1.00. The van der Waals surface area contributed by atoms with E-state index in [4.69, 9.17) is 0 Å². The van der Waals surface area contributed by atoms with Crippen molar-refractivity contribution in [2.75, 3.05) is 0 Å². The zero-order valence-corrected chi connectivity index (χ0v) is 16.5. The van der Waals surface area contributed by atoms with Gasteiger partial charge in [-0.15, -0.1) is 0 Å². The molecule has 0 radical (unpaired) electrons. The van der Waals surface area contributed by atoms with E-state index < -0.39 is 21.5 Å². The largest absolute Gasteiger partial charge is 1.00 e. The van der Waals surface area contributed by atoms with Crippen LogP contribution >= 0.6 is 0 Å². The summed E-state index contributed by atoms with van der Waals surface area (Å²) in [5.74, 6) is 0. The minimum atomic E-state index is -4.38. The van der Waals surface area contributed by atoms with Crippen molar-refractivity contribution >= 4 is 10.1 Å². The molecule has 0 aliphatic heterocycles. The van der Waals surface area contributed by atoms with E-state index >= 15 is 0 Å². The van der Waals surface area contributed by atoms with Crippen LogP contribution in [-0.2, 0) is 10.1 Å². The fourth-order valence-electron chi connectivity index (χ4n) is 2.13. The average Bonchev–Trinajstić information content (AvgIpc) is 2.28. The monoisotopic (exact) mass is 318 g/mol. The molecule has 0 aliphatic rings. The van der Waals surface area contributed by atoms with Crippen molar-refractivity contribution in [3.05, 3.63) is 0 Å². The molecule has 0 bridgehead atoms. The second-order valence-electron chi connectivity index (χ2n) is 4.94. The van der Waals surface area contributed by atoms with Crippen molar-refractivity contribution < 1.29 is 69.5 Å². The molecule has 0 aromatic rings. The van der Waals surface area contributed by atoms with E-state index in [0.717, 1.165) is 19.3 Å². The molecule has 2 atom stereocenters. The van der Waals surface area contributed by atoms with Gasteiger partial charge in [0.1, 0.15) is 10.1 Å². The molecule has 6 heteroatoms. The molecule has 0 heterocycles. The van der Waals surface area contributed by atoms with Gasteiger partial charge in [-0.25, -0.2) is 8.42 Å². The number of rotatable bonds is 11. The molecule has 4 nitrogen and oxygen atoms in total. The Kier molecular flexibility index (Phi) is 15.8. The van der Waals surface area contributed by atoms with Gasteiger partial charge in [0.15, 0.2) is 0 Å². The van der Waals surface area contributed by atoms with Crippen molar-refractivity contribution in [2.24, 2.45) is 0 Å². The maximum atomic E-state index is 11.0. The van der Waals surface area contributed by atoms with E-state index in [-0.39, 0.29) is 57.8 Å². The van der Waals surface area contributed by atoms with Gasteiger partial charge in [0.2, 0.25) is 0 Å². The van der Waals surface area contributed by atoms with E-state index in [1.54, 1.807) is 0 Å². The van der Waals surface area contributed by atoms with E-state index in [9.17, 15) is 18.1 Å². The number of aliphatic hydroxyl groups excluding tert-OH is 1. The number of unbranched alkanes of at least 4 members (excludes halogenated alkanes) is 5. The van der Waals surface area contributed by atoms with Crippen molar-refractivity contribution in [3.8, 4) is 0 Å². The van der Waals surface area contributed by atoms with Crippen molar-refractivity contribution in [1.82, 2.24) is 0 Å². The normalized spacial score (nSPS) is 14.7. The van der Waals surface area contributed by atoms with Gasteiger partial charge < -0.3 is 9.66 Å². The first-order chi connectivity index (χ1) is 8.43. The van der Waals surface area contributed by atoms with Gasteiger partial charge in [-0.05, 0) is 12.8 Å². The molecule has 0 spiro atoms. The quantitative estimate of drug-likeness (QED) is 0.326. The molecule has 0 saturated carbocycles. The zero-order valence-electron chi connectivity index (χ0n) is 12.6. The summed E-state index contributed by atoms with van der Waals surface area (Å²) in [5.41, 5.74) is 0. The van der Waals surface area contributed by atoms with Crippen LogP contribution in [0.3, 0.4) is 0 Å². The number of hydrogen-bond acceptors (Lipinski definition) is 4. The minimum absolute atomic E-state index is 0. The molecule has 0 fully saturated rings. The Morgan fingerprint density at radius 2 is 1.47 bits per heavy atom. The van der Waals surface area contributed by atoms with E-state index in [0.29, 0.717) is 12.8 Å². The van der Waals surface area contributed by atoms with Crippen LogP contribution in [0.15, 0.2) is 0 Å². The summed E-state index contributed by atoms with van der Waals surface area (Å²) in [6, 6.07) is 0. The third-order valence-corrected chi connectivity index (χ3v) is 4.52. The van der Waals surface area contributed by atoms with E-state index in [1.165, 1.54) is 19.3 Å². The minimum Gasteiger partial charge on any atom is -0.748 e. The van der Waals surface area contributed by atoms with Crippen LogP contribution in [-0.4, -0.2) is 29.4 Å². The zero-order chi connectivity index (χ0) is 14.0. The first-order valence-electron chi connectivity index (χ1n) is 7.06. The van der Waals surface area contributed by atoms with Gasteiger partial charge in [-0.1, -0.05) is 58.8 Å². The third kappa shape index (κ3) is 11.8. The van der Waals surface area contributed by atoms with Gasteiger partial charge in [-0.2, -0.15) is 0 Å². The Hall–Kier alpha value is 1.51. The molecule has 0 aliphatic carbocycles. The van der Waals surface area contributed by atoms with Crippen molar-refractivity contribution in [1.29, 1.82) is 0 Å². The molecule has 0 aromatic carbocycles. The van der Waals surface area contributed by atoms with Gasteiger partial charge in [0.25, 0.3) is 0 Å². The summed E-state index contributed by atoms with van der Waals surface area (Å²) >= 11 is 0. The predicted octanol–water partition coefficient (Wildman–Crippen LogP) is -0.184. The number of hydrogen-bond donors (Lipinski definition) is 1. The van der Waals surface area contributed by atoms with Crippen LogP contribution < -0.4 is 51.4 Å². The van der Waals surface area contributed by atoms with Crippen molar-refractivity contribution in [3.63, 3.8) is 0 Å². The van der Waals surface area contributed by atoms with Crippen LogP contribution in [0, 0.1) is 0 Å². The molecule has 1 N–H and O–H groups in total. The molecule has 110 valence electrons. The van der Waals surface area contributed by atoms with Crippen LogP contribution in [0.25, 0.3) is 0 Å². The molecule has 0 amide bonds. The summed E-state index contributed by atoms with van der Waals surface area (Å²) in [6.07, 6.45) is 6.76. The summed E-state index contributed by atoms with van der Waals surface area (Å²) in [6.45, 7) is 3.97. The predicted molar refractivity (Wildman–Crippen MR) is 72.4 cm³/mol. The van der Waals surface area contributed by atoms with E-state index in [2.05, 4.69) is 6.92 Å². The molecular formula is C13H27KO4S. The van der Waals surface area contributed by atoms with Crippen LogP contribution in [0.2, 0.25) is 0 Å². The topological polar surface area (TPSA) is 77.4 Å². The Bertz CT molecular complexity index is 293. The van der Waals surface area contributed by atoms with E-state index in [1.807, 2.05) is 6.92 Å². The first-order valence-corrected chi connectivity index (χ1v) is 8.53. The van der Waals surface area contributed by atoms with Gasteiger partial charge in [-0.3, -0.25) is 0 Å². The molecule has 0 aromatic heterocycles. The Morgan fingerprint density at radius 3 is 1.95 bits per heavy atom. The standard InChI is InChI=1S/C13H28O4S.K/c1-3-5-6-7-8-9-11-12(14)13(10-4-2)18(15,16)17;/h12-14H,3-11H2,1-2H3,(H,15,16,17);/q;+1/p-1. The molecule has 2 unspecified atom stereocenters. The first kappa shape index (κ1) is 22.8.